The highest BCUT2D eigenvalue weighted by Crippen LogP contribution is 2.26. The Kier molecular flexibility index (Phi) is 5.43. The molecule has 0 saturated carbocycles. The molecule has 1 saturated heterocycles. The van der Waals surface area contributed by atoms with E-state index in [1.54, 1.807) is 13.3 Å². The summed E-state index contributed by atoms with van der Waals surface area (Å²) in [5, 5.41) is 3.60. The zero-order chi connectivity index (χ0) is 15.5. The maximum Gasteiger partial charge on any atom is 0.232 e. The van der Waals surface area contributed by atoms with E-state index in [4.69, 9.17) is 4.74 Å². The van der Waals surface area contributed by atoms with E-state index in [2.05, 4.69) is 56.9 Å². The molecular weight excluding hydrogens is 332 g/mol. The predicted molar refractivity (Wildman–Crippen MR) is 89.0 cm³/mol. The van der Waals surface area contributed by atoms with E-state index in [1.807, 2.05) is 0 Å². The molecule has 1 atom stereocenters. The van der Waals surface area contributed by atoms with Gasteiger partial charge in [0.25, 0.3) is 0 Å². The van der Waals surface area contributed by atoms with Crippen molar-refractivity contribution in [1.29, 1.82) is 0 Å². The van der Waals surface area contributed by atoms with E-state index in [9.17, 15) is 0 Å². The van der Waals surface area contributed by atoms with Gasteiger partial charge in [-0.05, 0) is 55.5 Å². The van der Waals surface area contributed by atoms with E-state index in [0.717, 1.165) is 30.1 Å². The zero-order valence-electron chi connectivity index (χ0n) is 13.3. The normalized spacial score (nSPS) is 19.7. The average molecular weight is 357 g/mol. The molecule has 0 bridgehead atoms. The summed E-state index contributed by atoms with van der Waals surface area (Å²) in [5.74, 6) is 1.99. The first-order valence-corrected chi connectivity index (χ1v) is 8.25. The van der Waals surface area contributed by atoms with E-state index < -0.39 is 0 Å². The summed E-state index contributed by atoms with van der Waals surface area (Å²) >= 11 is 3.39. The Bertz CT molecular complexity index is 475. The Morgan fingerprint density at radius 2 is 2.24 bits per heavy atom. The summed E-state index contributed by atoms with van der Waals surface area (Å²) in [4.78, 5) is 11.2. The smallest absolute Gasteiger partial charge is 0.232 e. The van der Waals surface area contributed by atoms with Gasteiger partial charge in [-0.15, -0.1) is 0 Å². The topological polar surface area (TPSA) is 50.3 Å². The van der Waals surface area contributed by atoms with Gasteiger partial charge in [-0.3, -0.25) is 0 Å². The van der Waals surface area contributed by atoms with Crippen LogP contribution in [0, 0.1) is 5.92 Å². The summed E-state index contributed by atoms with van der Waals surface area (Å²) in [6.07, 6.45) is 4.20. The number of nitrogens with one attached hydrogen (secondary N) is 1. The van der Waals surface area contributed by atoms with Gasteiger partial charge >= 0.3 is 0 Å². The van der Waals surface area contributed by atoms with Gasteiger partial charge in [0.15, 0.2) is 0 Å². The lowest BCUT2D eigenvalue weighted by atomic mass is 9.97. The first kappa shape index (κ1) is 16.5. The molecule has 2 heterocycles. The molecule has 1 unspecified atom stereocenters. The number of ether oxygens (including phenoxy) is 1. The van der Waals surface area contributed by atoms with Crippen molar-refractivity contribution >= 4 is 21.9 Å². The van der Waals surface area contributed by atoms with Gasteiger partial charge in [-0.1, -0.05) is 0 Å². The SMILES string of the molecule is COc1nc(N2CCCC(CNC(C)(C)C)C2)ncc1Br. The molecule has 21 heavy (non-hydrogen) atoms. The molecular formula is C15H25BrN4O. The summed E-state index contributed by atoms with van der Waals surface area (Å²) in [6, 6.07) is 0. The zero-order valence-corrected chi connectivity index (χ0v) is 14.9. The molecule has 1 aromatic rings. The van der Waals surface area contributed by atoms with Crippen molar-refractivity contribution in [2.24, 2.45) is 5.92 Å². The van der Waals surface area contributed by atoms with Gasteiger partial charge in [-0.2, -0.15) is 4.98 Å². The van der Waals surface area contributed by atoms with Crippen molar-refractivity contribution in [2.75, 3.05) is 31.6 Å². The Morgan fingerprint density at radius 1 is 1.48 bits per heavy atom. The van der Waals surface area contributed by atoms with Crippen LogP contribution in [0.15, 0.2) is 10.7 Å². The Hall–Kier alpha value is -0.880. The summed E-state index contributed by atoms with van der Waals surface area (Å²) in [7, 11) is 1.63. The molecule has 6 heteroatoms. The second-order valence-electron chi connectivity index (χ2n) is 6.61. The first-order valence-electron chi connectivity index (χ1n) is 7.45. The van der Waals surface area contributed by atoms with E-state index >= 15 is 0 Å². The van der Waals surface area contributed by atoms with Crippen LogP contribution in [-0.2, 0) is 0 Å². The summed E-state index contributed by atoms with van der Waals surface area (Å²) < 4.78 is 6.05. The number of piperidine rings is 1. The number of anilines is 1. The fraction of sp³-hybridized carbons (Fsp3) is 0.733. The second-order valence-corrected chi connectivity index (χ2v) is 7.47. The van der Waals surface area contributed by atoms with Crippen molar-refractivity contribution < 1.29 is 4.74 Å². The fourth-order valence-corrected chi connectivity index (χ4v) is 2.85. The molecule has 1 aliphatic rings. The van der Waals surface area contributed by atoms with Crippen molar-refractivity contribution in [1.82, 2.24) is 15.3 Å². The number of rotatable bonds is 4. The summed E-state index contributed by atoms with van der Waals surface area (Å²) in [5.41, 5.74) is 0.166. The Balaban J connectivity index is 2.00. The van der Waals surface area contributed by atoms with E-state index in [0.29, 0.717) is 11.8 Å². The monoisotopic (exact) mass is 356 g/mol. The van der Waals surface area contributed by atoms with Crippen molar-refractivity contribution in [3.8, 4) is 5.88 Å². The highest BCUT2D eigenvalue weighted by Gasteiger charge is 2.23. The highest BCUT2D eigenvalue weighted by molar-refractivity contribution is 9.10. The van der Waals surface area contributed by atoms with Crippen molar-refractivity contribution in [3.63, 3.8) is 0 Å². The lowest BCUT2D eigenvalue weighted by molar-refractivity contribution is 0.333. The minimum absolute atomic E-state index is 0.166. The van der Waals surface area contributed by atoms with Crippen molar-refractivity contribution in [2.45, 2.75) is 39.2 Å². The van der Waals surface area contributed by atoms with Crippen LogP contribution in [0.1, 0.15) is 33.6 Å². The third-order valence-electron chi connectivity index (χ3n) is 3.62. The van der Waals surface area contributed by atoms with Gasteiger partial charge in [0.2, 0.25) is 11.8 Å². The Labute approximate surface area is 135 Å². The Morgan fingerprint density at radius 3 is 2.90 bits per heavy atom. The average Bonchev–Trinajstić information content (AvgIpc) is 2.45. The van der Waals surface area contributed by atoms with Crippen LogP contribution < -0.4 is 15.0 Å². The largest absolute Gasteiger partial charge is 0.480 e. The van der Waals surface area contributed by atoms with Crippen LogP contribution in [-0.4, -0.2) is 42.3 Å². The minimum Gasteiger partial charge on any atom is -0.480 e. The molecule has 0 aromatic carbocycles. The highest BCUT2D eigenvalue weighted by atomic mass is 79.9. The number of hydrogen-bond donors (Lipinski definition) is 1. The second kappa shape index (κ2) is 6.92. The fourth-order valence-electron chi connectivity index (χ4n) is 2.50. The van der Waals surface area contributed by atoms with Crippen LogP contribution in [0.4, 0.5) is 5.95 Å². The molecule has 0 aliphatic carbocycles. The van der Waals surface area contributed by atoms with Crippen LogP contribution >= 0.6 is 15.9 Å². The van der Waals surface area contributed by atoms with E-state index in [-0.39, 0.29) is 5.54 Å². The molecule has 1 aliphatic heterocycles. The molecule has 1 fully saturated rings. The molecule has 1 N–H and O–H groups in total. The maximum absolute atomic E-state index is 5.26. The van der Waals surface area contributed by atoms with Gasteiger partial charge < -0.3 is 15.0 Å². The minimum atomic E-state index is 0.166. The first-order chi connectivity index (χ1) is 9.89. The third-order valence-corrected chi connectivity index (χ3v) is 4.16. The molecule has 0 amide bonds. The van der Waals surface area contributed by atoms with Crippen molar-refractivity contribution in [3.05, 3.63) is 10.7 Å². The quantitative estimate of drug-likeness (QED) is 0.898. The van der Waals surface area contributed by atoms with Gasteiger partial charge in [0, 0.05) is 25.2 Å². The standard InChI is InChI=1S/C15H25BrN4O/c1-15(2,3)18-8-11-6-5-7-20(10-11)14-17-9-12(16)13(19-14)21-4/h9,11,18H,5-8,10H2,1-4H3. The molecule has 5 nitrogen and oxygen atoms in total. The molecule has 0 radical (unpaired) electrons. The number of aromatic nitrogens is 2. The number of nitrogens with zero attached hydrogens (tertiary/aromatic N) is 3. The van der Waals surface area contributed by atoms with E-state index in [1.165, 1.54) is 12.8 Å². The van der Waals surface area contributed by atoms with Crippen LogP contribution in [0.25, 0.3) is 0 Å². The lowest BCUT2D eigenvalue weighted by Crippen LogP contribution is -2.45. The molecule has 118 valence electrons. The van der Waals surface area contributed by atoms with Crippen LogP contribution in [0.2, 0.25) is 0 Å². The summed E-state index contributed by atoms with van der Waals surface area (Å²) in [6.45, 7) is 9.65. The number of methoxy groups -OCH3 is 1. The lowest BCUT2D eigenvalue weighted by Gasteiger charge is -2.34. The number of halogens is 1. The predicted octanol–water partition coefficient (Wildman–Crippen LogP) is 2.85. The maximum atomic E-state index is 5.26. The third kappa shape index (κ3) is 4.81. The molecule has 1 aromatic heterocycles. The number of hydrogen-bond acceptors (Lipinski definition) is 5. The van der Waals surface area contributed by atoms with Gasteiger partial charge in [0.05, 0.1) is 17.8 Å². The van der Waals surface area contributed by atoms with Crippen LogP contribution in [0.3, 0.4) is 0 Å². The molecule has 0 spiro atoms. The van der Waals surface area contributed by atoms with Crippen LogP contribution in [0.5, 0.6) is 5.88 Å². The van der Waals surface area contributed by atoms with Gasteiger partial charge in [0.1, 0.15) is 0 Å². The molecule has 2 rings (SSSR count). The van der Waals surface area contributed by atoms with Gasteiger partial charge in [-0.25, -0.2) is 4.98 Å².